The molecule has 5 nitrogen and oxygen atoms in total. The molecule has 0 aromatic heterocycles. The van der Waals surface area contributed by atoms with E-state index in [9.17, 15) is 4.79 Å². The molecular formula is C13H24N4O. The van der Waals surface area contributed by atoms with Gasteiger partial charge in [0, 0.05) is 18.6 Å². The second-order valence-electron chi connectivity index (χ2n) is 6.05. The first-order valence-corrected chi connectivity index (χ1v) is 7.21. The fraction of sp³-hybridized carbons (Fsp3) is 0.923. The summed E-state index contributed by atoms with van der Waals surface area (Å²) >= 11 is 0. The molecule has 5 N–H and O–H groups in total. The van der Waals surface area contributed by atoms with Crippen LogP contribution >= 0.6 is 0 Å². The van der Waals surface area contributed by atoms with E-state index in [0.717, 1.165) is 32.4 Å². The van der Waals surface area contributed by atoms with Crippen LogP contribution in [0.15, 0.2) is 0 Å². The van der Waals surface area contributed by atoms with Gasteiger partial charge in [-0.3, -0.25) is 4.79 Å². The van der Waals surface area contributed by atoms with Crippen LogP contribution in [0.1, 0.15) is 25.7 Å². The SMILES string of the molecule is NC[C@@H]1C[C@@H]2C[C@@H]2N1C(=O)[C@@H](N)C1CCNCC1. The standard InChI is InChI=1S/C13H24N4O/c14-7-10-5-9-6-11(9)17(10)13(18)12(15)8-1-3-16-4-2-8/h8-12,16H,1-7,14-15H2/t9-,10+,11+,12+/m1/s1. The van der Waals surface area contributed by atoms with Crippen LogP contribution in [0.25, 0.3) is 0 Å². The zero-order valence-electron chi connectivity index (χ0n) is 10.8. The van der Waals surface area contributed by atoms with Crippen LogP contribution in [0.2, 0.25) is 0 Å². The van der Waals surface area contributed by atoms with E-state index in [4.69, 9.17) is 11.5 Å². The molecule has 3 aliphatic rings. The maximum absolute atomic E-state index is 12.6. The zero-order chi connectivity index (χ0) is 12.7. The number of amides is 1. The molecule has 1 aliphatic carbocycles. The van der Waals surface area contributed by atoms with Gasteiger partial charge >= 0.3 is 0 Å². The van der Waals surface area contributed by atoms with Crippen LogP contribution in [0.5, 0.6) is 0 Å². The molecule has 1 saturated carbocycles. The Balaban J connectivity index is 1.65. The van der Waals surface area contributed by atoms with E-state index in [1.54, 1.807) is 0 Å². The lowest BCUT2D eigenvalue weighted by molar-refractivity contribution is -0.135. The molecule has 3 rings (SSSR count). The fourth-order valence-corrected chi connectivity index (χ4v) is 3.69. The summed E-state index contributed by atoms with van der Waals surface area (Å²) in [6.07, 6.45) is 4.29. The van der Waals surface area contributed by atoms with Crippen molar-refractivity contribution in [3.8, 4) is 0 Å². The summed E-state index contributed by atoms with van der Waals surface area (Å²) in [4.78, 5) is 14.6. The van der Waals surface area contributed by atoms with Crippen molar-refractivity contribution in [2.45, 2.75) is 43.8 Å². The highest BCUT2D eigenvalue weighted by Crippen LogP contribution is 2.47. The molecule has 2 heterocycles. The fourth-order valence-electron chi connectivity index (χ4n) is 3.69. The predicted molar refractivity (Wildman–Crippen MR) is 69.8 cm³/mol. The van der Waals surface area contributed by atoms with Crippen LogP contribution in [-0.2, 0) is 4.79 Å². The van der Waals surface area contributed by atoms with Crippen LogP contribution < -0.4 is 16.8 Å². The normalized spacial score (nSPS) is 37.4. The first-order valence-electron chi connectivity index (χ1n) is 7.21. The van der Waals surface area contributed by atoms with E-state index in [1.807, 2.05) is 4.90 Å². The molecule has 2 saturated heterocycles. The Morgan fingerprint density at radius 3 is 2.72 bits per heavy atom. The van der Waals surface area contributed by atoms with E-state index in [2.05, 4.69) is 5.32 Å². The number of hydrogen-bond donors (Lipinski definition) is 3. The third kappa shape index (κ3) is 2.04. The number of rotatable bonds is 3. The van der Waals surface area contributed by atoms with Crippen LogP contribution in [0.4, 0.5) is 0 Å². The van der Waals surface area contributed by atoms with E-state index in [1.165, 1.54) is 6.42 Å². The molecule has 0 bridgehead atoms. The van der Waals surface area contributed by atoms with Crippen molar-refractivity contribution in [1.82, 2.24) is 10.2 Å². The minimum absolute atomic E-state index is 0.155. The summed E-state index contributed by atoms with van der Waals surface area (Å²) in [7, 11) is 0. The maximum atomic E-state index is 12.6. The minimum atomic E-state index is -0.319. The number of piperidine rings is 2. The molecule has 1 amide bonds. The molecule has 0 radical (unpaired) electrons. The Bertz CT molecular complexity index is 329. The Morgan fingerprint density at radius 2 is 2.06 bits per heavy atom. The van der Waals surface area contributed by atoms with Crippen LogP contribution in [-0.4, -0.2) is 48.6 Å². The number of carbonyl (C=O) groups is 1. The van der Waals surface area contributed by atoms with Crippen molar-refractivity contribution < 1.29 is 4.79 Å². The summed E-state index contributed by atoms with van der Waals surface area (Å²) in [6.45, 7) is 2.55. The number of fused-ring (bicyclic) bond motifs is 1. The lowest BCUT2D eigenvalue weighted by Gasteiger charge is -2.33. The van der Waals surface area contributed by atoms with Gasteiger partial charge in [0.2, 0.25) is 5.91 Å². The van der Waals surface area contributed by atoms with Crippen LogP contribution in [0.3, 0.4) is 0 Å². The summed E-state index contributed by atoms with van der Waals surface area (Å²) < 4.78 is 0. The number of nitrogens with zero attached hydrogens (tertiary/aromatic N) is 1. The monoisotopic (exact) mass is 252 g/mol. The van der Waals surface area contributed by atoms with Crippen molar-refractivity contribution >= 4 is 5.91 Å². The molecule has 3 fully saturated rings. The highest BCUT2D eigenvalue weighted by Gasteiger charge is 2.54. The van der Waals surface area contributed by atoms with Gasteiger partial charge in [-0.05, 0) is 50.6 Å². The average Bonchev–Trinajstić information content (AvgIpc) is 3.09. The second-order valence-corrected chi connectivity index (χ2v) is 6.05. The van der Waals surface area contributed by atoms with Crippen molar-refractivity contribution in [3.63, 3.8) is 0 Å². The summed E-state index contributed by atoms with van der Waals surface area (Å²) in [5.41, 5.74) is 12.0. The number of nitrogens with one attached hydrogen (secondary N) is 1. The Morgan fingerprint density at radius 1 is 1.33 bits per heavy atom. The Kier molecular flexibility index (Phi) is 3.30. The molecule has 0 aromatic rings. The quantitative estimate of drug-likeness (QED) is 0.618. The number of likely N-dealkylation sites (tertiary alicyclic amines) is 1. The lowest BCUT2D eigenvalue weighted by Crippen LogP contribution is -2.53. The molecular weight excluding hydrogens is 228 g/mol. The van der Waals surface area contributed by atoms with Gasteiger partial charge in [-0.2, -0.15) is 0 Å². The van der Waals surface area contributed by atoms with Gasteiger partial charge in [0.1, 0.15) is 0 Å². The van der Waals surface area contributed by atoms with Crippen molar-refractivity contribution in [1.29, 1.82) is 0 Å². The van der Waals surface area contributed by atoms with Gasteiger partial charge < -0.3 is 21.7 Å². The number of hydrogen-bond acceptors (Lipinski definition) is 4. The molecule has 2 aliphatic heterocycles. The molecule has 102 valence electrons. The molecule has 18 heavy (non-hydrogen) atoms. The smallest absolute Gasteiger partial charge is 0.240 e. The summed E-state index contributed by atoms with van der Waals surface area (Å²) in [5, 5.41) is 3.31. The highest BCUT2D eigenvalue weighted by molar-refractivity contribution is 5.83. The third-order valence-corrected chi connectivity index (χ3v) is 4.91. The largest absolute Gasteiger partial charge is 0.334 e. The van der Waals surface area contributed by atoms with Crippen molar-refractivity contribution in [2.75, 3.05) is 19.6 Å². The lowest BCUT2D eigenvalue weighted by atomic mass is 9.89. The van der Waals surface area contributed by atoms with Gasteiger partial charge in [0.25, 0.3) is 0 Å². The molecule has 0 unspecified atom stereocenters. The van der Waals surface area contributed by atoms with E-state index < -0.39 is 0 Å². The first kappa shape index (κ1) is 12.4. The van der Waals surface area contributed by atoms with E-state index >= 15 is 0 Å². The molecule has 0 aromatic carbocycles. The van der Waals surface area contributed by atoms with Gasteiger partial charge in [0.05, 0.1) is 6.04 Å². The molecule has 0 spiro atoms. The molecule has 5 heteroatoms. The Labute approximate surface area is 108 Å². The first-order chi connectivity index (χ1) is 8.72. The number of nitrogens with two attached hydrogens (primary N) is 2. The number of carbonyl (C=O) groups excluding carboxylic acids is 1. The molecule has 4 atom stereocenters. The van der Waals surface area contributed by atoms with E-state index in [-0.39, 0.29) is 18.0 Å². The average molecular weight is 252 g/mol. The maximum Gasteiger partial charge on any atom is 0.240 e. The van der Waals surface area contributed by atoms with Gasteiger partial charge in [0.15, 0.2) is 0 Å². The summed E-state index contributed by atoms with van der Waals surface area (Å²) in [5.74, 6) is 1.21. The van der Waals surface area contributed by atoms with Crippen molar-refractivity contribution in [3.05, 3.63) is 0 Å². The van der Waals surface area contributed by atoms with Gasteiger partial charge in [-0.1, -0.05) is 0 Å². The van der Waals surface area contributed by atoms with Gasteiger partial charge in [-0.25, -0.2) is 0 Å². The minimum Gasteiger partial charge on any atom is -0.334 e. The topological polar surface area (TPSA) is 84.4 Å². The zero-order valence-corrected chi connectivity index (χ0v) is 10.8. The third-order valence-electron chi connectivity index (χ3n) is 4.91. The second kappa shape index (κ2) is 4.79. The van der Waals surface area contributed by atoms with Gasteiger partial charge in [-0.15, -0.1) is 0 Å². The Hall–Kier alpha value is -0.650. The highest BCUT2D eigenvalue weighted by atomic mass is 16.2. The van der Waals surface area contributed by atoms with Crippen molar-refractivity contribution in [2.24, 2.45) is 23.3 Å². The predicted octanol–water partition coefficient (Wildman–Crippen LogP) is -0.739. The van der Waals surface area contributed by atoms with Crippen LogP contribution in [0, 0.1) is 11.8 Å². The van der Waals surface area contributed by atoms with E-state index in [0.29, 0.717) is 24.4 Å². The summed E-state index contributed by atoms with van der Waals surface area (Å²) in [6, 6.07) is 0.383.